The van der Waals surface area contributed by atoms with E-state index < -0.39 is 66.2 Å². The quantitative estimate of drug-likeness (QED) is 0.0387. The molecule has 0 saturated carbocycles. The second-order valence-electron chi connectivity index (χ2n) is 10.5. The van der Waals surface area contributed by atoms with E-state index in [1.165, 1.54) is 18.2 Å². The molecule has 0 fully saturated rings. The summed E-state index contributed by atoms with van der Waals surface area (Å²) in [7, 11) is 0. The van der Waals surface area contributed by atoms with Gasteiger partial charge in [0.05, 0.1) is 30.7 Å². The van der Waals surface area contributed by atoms with Gasteiger partial charge in [-0.3, -0.25) is 29.2 Å². The van der Waals surface area contributed by atoms with E-state index >= 15 is 0 Å². The van der Waals surface area contributed by atoms with Crippen molar-refractivity contribution in [1.82, 2.24) is 26.0 Å². The van der Waals surface area contributed by atoms with E-state index in [-0.39, 0.29) is 24.3 Å². The Morgan fingerprint density at radius 3 is 2.04 bits per heavy atom. The van der Waals surface area contributed by atoms with Crippen LogP contribution in [0.5, 0.6) is 0 Å². The van der Waals surface area contributed by atoms with Crippen LogP contribution in [0.25, 0.3) is 11.3 Å². The highest BCUT2D eigenvalue weighted by Crippen LogP contribution is 2.21. The van der Waals surface area contributed by atoms with Gasteiger partial charge in [-0.15, -0.1) is 0 Å². The molecular weight excluding hydrogens is 675 g/mol. The maximum absolute atomic E-state index is 12.9. The molecule has 0 saturated heterocycles. The van der Waals surface area contributed by atoms with Crippen molar-refractivity contribution < 1.29 is 67.3 Å². The number of hydroxylamine groups is 2. The Hall–Kier alpha value is -5.59. The van der Waals surface area contributed by atoms with Gasteiger partial charge in [0.1, 0.15) is 11.7 Å². The molecular formula is C31H38F3N5O11. The number of halogens is 3. The number of unbranched alkanes of at least 4 members (excludes halogenated alkanes) is 2. The molecule has 0 radical (unpaired) electrons. The predicted molar refractivity (Wildman–Crippen MR) is 166 cm³/mol. The van der Waals surface area contributed by atoms with Gasteiger partial charge in [0.25, 0.3) is 11.8 Å². The van der Waals surface area contributed by atoms with Crippen LogP contribution in [-0.2, 0) is 24.0 Å². The summed E-state index contributed by atoms with van der Waals surface area (Å²) >= 11 is 0. The van der Waals surface area contributed by atoms with E-state index in [1.54, 1.807) is 31.2 Å². The minimum Gasteiger partial charge on any atom is -0.481 e. The highest BCUT2D eigenvalue weighted by atomic mass is 19.4. The largest absolute Gasteiger partial charge is 0.490 e. The molecule has 0 unspecified atom stereocenters. The van der Waals surface area contributed by atoms with Gasteiger partial charge in [0, 0.05) is 11.1 Å². The molecule has 0 aliphatic heterocycles. The lowest BCUT2D eigenvalue weighted by Crippen LogP contribution is -2.47. The number of carbonyl (C=O) groups excluding carboxylic acids is 4. The van der Waals surface area contributed by atoms with Gasteiger partial charge in [0.15, 0.2) is 0 Å². The predicted octanol–water partition coefficient (Wildman–Crippen LogP) is 2.67. The molecule has 0 bridgehead atoms. The highest BCUT2D eigenvalue weighted by molar-refractivity contribution is 5.98. The van der Waals surface area contributed by atoms with Crippen LogP contribution in [0, 0.1) is 5.92 Å². The van der Waals surface area contributed by atoms with Gasteiger partial charge in [-0.2, -0.15) is 13.2 Å². The van der Waals surface area contributed by atoms with Crippen LogP contribution in [0.2, 0.25) is 0 Å². The lowest BCUT2D eigenvalue weighted by molar-refractivity contribution is -0.192. The maximum Gasteiger partial charge on any atom is 0.490 e. The number of carboxylic acid groups (broad SMARTS) is 3. The number of rotatable bonds is 18. The van der Waals surface area contributed by atoms with Gasteiger partial charge < -0.3 is 31.3 Å². The summed E-state index contributed by atoms with van der Waals surface area (Å²) in [6.07, 6.45) is -2.20. The van der Waals surface area contributed by atoms with Crippen molar-refractivity contribution in [1.29, 1.82) is 0 Å². The Morgan fingerprint density at radius 1 is 0.920 bits per heavy atom. The SMILES string of the molecule is CCCCC[C@@H](C(=O)NCNC(=O)c1cccc(-c2ccc(C(=O)N[C@H](CC(=O)O)C(=O)O)cc2)n1)[C@@H](CC)N(O)C=O.O=C(O)C(F)(F)F. The van der Waals surface area contributed by atoms with Crippen molar-refractivity contribution in [2.45, 2.75) is 70.6 Å². The second-order valence-corrected chi connectivity index (χ2v) is 10.5. The van der Waals surface area contributed by atoms with Crippen molar-refractivity contribution in [3.05, 3.63) is 53.7 Å². The maximum atomic E-state index is 12.9. The van der Waals surface area contributed by atoms with E-state index in [0.717, 1.165) is 19.3 Å². The van der Waals surface area contributed by atoms with Crippen molar-refractivity contribution in [3.63, 3.8) is 0 Å². The lowest BCUT2D eigenvalue weighted by atomic mass is 9.90. The molecule has 1 aromatic heterocycles. The van der Waals surface area contributed by atoms with Crippen LogP contribution in [0.3, 0.4) is 0 Å². The number of nitrogens with one attached hydrogen (secondary N) is 3. The van der Waals surface area contributed by atoms with Crippen LogP contribution in [0.4, 0.5) is 13.2 Å². The number of nitrogens with zero attached hydrogens (tertiary/aromatic N) is 2. The molecule has 2 aromatic rings. The van der Waals surface area contributed by atoms with Gasteiger partial charge in [0.2, 0.25) is 12.3 Å². The molecule has 0 aliphatic rings. The molecule has 0 spiro atoms. The number of pyridine rings is 1. The molecule has 7 N–H and O–H groups in total. The molecule has 16 nitrogen and oxygen atoms in total. The third-order valence-corrected chi connectivity index (χ3v) is 6.95. The fourth-order valence-electron chi connectivity index (χ4n) is 4.41. The monoisotopic (exact) mass is 713 g/mol. The second kappa shape index (κ2) is 20.7. The number of aromatic nitrogens is 1. The average Bonchev–Trinajstić information content (AvgIpc) is 3.07. The number of carbonyl (C=O) groups is 7. The van der Waals surface area contributed by atoms with Gasteiger partial charge in [-0.25, -0.2) is 19.6 Å². The minimum absolute atomic E-state index is 0.0555. The van der Waals surface area contributed by atoms with Crippen molar-refractivity contribution >= 4 is 42.0 Å². The lowest BCUT2D eigenvalue weighted by Gasteiger charge is -2.29. The van der Waals surface area contributed by atoms with Crippen molar-refractivity contribution in [2.75, 3.05) is 6.67 Å². The van der Waals surface area contributed by atoms with Gasteiger partial charge in [-0.05, 0) is 37.1 Å². The van der Waals surface area contributed by atoms with Crippen LogP contribution in [-0.4, -0.2) is 97.5 Å². The van der Waals surface area contributed by atoms with E-state index in [2.05, 4.69) is 20.9 Å². The third kappa shape index (κ3) is 14.3. The van der Waals surface area contributed by atoms with Crippen molar-refractivity contribution in [2.24, 2.45) is 5.92 Å². The van der Waals surface area contributed by atoms with Gasteiger partial charge in [-0.1, -0.05) is 51.3 Å². The number of amides is 4. The Labute approximate surface area is 283 Å². The first kappa shape index (κ1) is 42.4. The molecule has 1 aromatic carbocycles. The molecule has 1 heterocycles. The summed E-state index contributed by atoms with van der Waals surface area (Å²) in [5.41, 5.74) is 1.10. The summed E-state index contributed by atoms with van der Waals surface area (Å²) in [4.78, 5) is 84.5. The van der Waals surface area contributed by atoms with Crippen LogP contribution >= 0.6 is 0 Å². The molecule has 2 rings (SSSR count). The third-order valence-electron chi connectivity index (χ3n) is 6.95. The normalized spacial score (nSPS) is 12.5. The average molecular weight is 714 g/mol. The number of benzene rings is 1. The first-order chi connectivity index (χ1) is 23.5. The van der Waals surface area contributed by atoms with Crippen molar-refractivity contribution in [3.8, 4) is 11.3 Å². The summed E-state index contributed by atoms with van der Waals surface area (Å²) in [6, 6.07) is 8.32. The number of hydrogen-bond donors (Lipinski definition) is 7. The zero-order valence-electron chi connectivity index (χ0n) is 27.0. The van der Waals surface area contributed by atoms with E-state index in [0.29, 0.717) is 29.2 Å². The van der Waals surface area contributed by atoms with E-state index in [9.17, 15) is 47.1 Å². The Kier molecular flexibility index (Phi) is 17.6. The fraction of sp³-hybridized carbons (Fsp3) is 0.419. The molecule has 19 heteroatoms. The molecule has 3 atom stereocenters. The highest BCUT2D eigenvalue weighted by Gasteiger charge is 2.38. The topological polar surface area (TPSA) is 253 Å². The molecule has 50 heavy (non-hydrogen) atoms. The smallest absolute Gasteiger partial charge is 0.481 e. The number of alkyl halides is 3. The molecule has 274 valence electrons. The van der Waals surface area contributed by atoms with Crippen LogP contribution in [0.1, 0.15) is 73.2 Å². The summed E-state index contributed by atoms with van der Waals surface area (Å²) in [5, 5.41) is 42.9. The van der Waals surface area contributed by atoms with Crippen LogP contribution < -0.4 is 16.0 Å². The van der Waals surface area contributed by atoms with Crippen LogP contribution in [0.15, 0.2) is 42.5 Å². The minimum atomic E-state index is -5.08. The summed E-state index contributed by atoms with van der Waals surface area (Å²) in [6.45, 7) is 3.57. The first-order valence-corrected chi connectivity index (χ1v) is 15.1. The first-order valence-electron chi connectivity index (χ1n) is 15.1. The zero-order valence-corrected chi connectivity index (χ0v) is 27.0. The summed E-state index contributed by atoms with van der Waals surface area (Å²) in [5.74, 6) is -8.01. The standard InChI is InChI=1S/C29H37N5O9.C2HF3O2/c1-3-5-6-8-20(24(4-2)34(43)17-35)27(39)30-16-31-28(40)22-10-7-9-21(32-22)18-11-13-19(14-12-18)26(38)33-23(29(41)42)15-25(36)37;3-2(4,5)1(6)7/h7,9-14,17,20,23-24,43H,3-6,8,15-16H2,1-2H3,(H,30,39)(H,31,40)(H,33,38)(H,36,37)(H,41,42);(H,6,7)/t20-,23-,24-;/m1./s1. The number of carboxylic acids is 3. The van der Waals surface area contributed by atoms with E-state index in [1.807, 2.05) is 6.92 Å². The fourth-order valence-corrected chi connectivity index (χ4v) is 4.41. The Bertz CT molecular complexity index is 1490. The zero-order chi connectivity index (χ0) is 38.0. The van der Waals surface area contributed by atoms with E-state index in [4.69, 9.17) is 20.1 Å². The summed E-state index contributed by atoms with van der Waals surface area (Å²) < 4.78 is 31.7. The Morgan fingerprint density at radius 2 is 1.54 bits per heavy atom. The van der Waals surface area contributed by atoms with Gasteiger partial charge >= 0.3 is 24.1 Å². The number of hydrogen-bond acceptors (Lipinski definition) is 9. The number of aliphatic carboxylic acids is 3. The Balaban J connectivity index is 0.00000161. The molecule has 4 amide bonds. The molecule has 0 aliphatic carbocycles.